The second-order valence-corrected chi connectivity index (χ2v) is 3.77. The van der Waals surface area contributed by atoms with Gasteiger partial charge in [-0.3, -0.25) is 0 Å². The lowest BCUT2D eigenvalue weighted by Gasteiger charge is -2.05. The number of aldehydes is 1. The van der Waals surface area contributed by atoms with Gasteiger partial charge in [0.05, 0.1) is 5.56 Å². The van der Waals surface area contributed by atoms with Gasteiger partial charge in [-0.2, -0.15) is 0 Å². The van der Waals surface area contributed by atoms with Crippen LogP contribution in [0.3, 0.4) is 0 Å². The fourth-order valence-corrected chi connectivity index (χ4v) is 1.79. The summed E-state index contributed by atoms with van der Waals surface area (Å²) in [5.41, 5.74) is 1.52. The van der Waals surface area contributed by atoms with E-state index in [0.29, 0.717) is 17.1 Å². The van der Waals surface area contributed by atoms with E-state index in [2.05, 4.69) is 0 Å². The van der Waals surface area contributed by atoms with Gasteiger partial charge in [0.25, 0.3) is 0 Å². The quantitative estimate of drug-likeness (QED) is 0.714. The predicted molar refractivity (Wildman–Crippen MR) is 55.9 cm³/mol. The SMILES string of the molecule is CC(C)=C1Oc2cccc(O)c2C1C=O. The van der Waals surface area contributed by atoms with E-state index in [9.17, 15) is 9.90 Å². The molecule has 1 aliphatic rings. The molecule has 1 aliphatic heterocycles. The number of phenolic OH excluding ortho intramolecular Hbond substituents is 1. The second-order valence-electron chi connectivity index (χ2n) is 3.77. The average Bonchev–Trinajstić information content (AvgIpc) is 2.57. The van der Waals surface area contributed by atoms with E-state index in [-0.39, 0.29) is 5.75 Å². The maximum atomic E-state index is 11.0. The fourth-order valence-electron chi connectivity index (χ4n) is 1.79. The third-order valence-electron chi connectivity index (χ3n) is 2.49. The summed E-state index contributed by atoms with van der Waals surface area (Å²) in [6.45, 7) is 3.77. The zero-order valence-corrected chi connectivity index (χ0v) is 8.65. The summed E-state index contributed by atoms with van der Waals surface area (Å²) in [6, 6.07) is 5.01. The largest absolute Gasteiger partial charge is 0.507 e. The Morgan fingerprint density at radius 3 is 2.80 bits per heavy atom. The number of carbonyl (C=O) groups is 1. The fraction of sp³-hybridized carbons (Fsp3) is 0.250. The summed E-state index contributed by atoms with van der Waals surface area (Å²) in [7, 11) is 0. The van der Waals surface area contributed by atoms with E-state index in [1.54, 1.807) is 18.2 Å². The molecule has 1 aromatic rings. The number of benzene rings is 1. The topological polar surface area (TPSA) is 46.5 Å². The lowest BCUT2D eigenvalue weighted by atomic mass is 9.97. The molecule has 1 atom stereocenters. The normalized spacial score (nSPS) is 18.3. The summed E-state index contributed by atoms with van der Waals surface area (Å²) in [6.07, 6.45) is 0.799. The van der Waals surface area contributed by atoms with Crippen LogP contribution in [0.2, 0.25) is 0 Å². The first-order valence-electron chi connectivity index (χ1n) is 4.77. The molecule has 0 bridgehead atoms. The van der Waals surface area contributed by atoms with Crippen LogP contribution in [0.4, 0.5) is 0 Å². The highest BCUT2D eigenvalue weighted by Crippen LogP contribution is 2.45. The van der Waals surface area contributed by atoms with E-state index in [1.165, 1.54) is 0 Å². The van der Waals surface area contributed by atoms with Crippen LogP contribution in [-0.4, -0.2) is 11.4 Å². The van der Waals surface area contributed by atoms with Gasteiger partial charge in [-0.25, -0.2) is 0 Å². The number of allylic oxidation sites excluding steroid dienone is 2. The van der Waals surface area contributed by atoms with Gasteiger partial charge in [0, 0.05) is 0 Å². The smallest absolute Gasteiger partial charge is 0.135 e. The molecule has 78 valence electrons. The van der Waals surface area contributed by atoms with Crippen LogP contribution in [0.1, 0.15) is 25.3 Å². The molecule has 0 fully saturated rings. The number of carbonyl (C=O) groups excluding carboxylic acids is 1. The molecular formula is C12H12O3. The van der Waals surface area contributed by atoms with E-state index < -0.39 is 5.92 Å². The number of hydrogen-bond donors (Lipinski definition) is 1. The Bertz CT molecular complexity index is 442. The lowest BCUT2D eigenvalue weighted by molar-refractivity contribution is -0.108. The Balaban J connectivity index is 2.62. The molecule has 0 saturated carbocycles. The van der Waals surface area contributed by atoms with Gasteiger partial charge in [-0.15, -0.1) is 0 Å². The number of aromatic hydroxyl groups is 1. The van der Waals surface area contributed by atoms with Gasteiger partial charge < -0.3 is 14.6 Å². The van der Waals surface area contributed by atoms with E-state index in [0.717, 1.165) is 11.9 Å². The molecule has 0 spiro atoms. The predicted octanol–water partition coefficient (Wildman–Crippen LogP) is 2.36. The minimum absolute atomic E-state index is 0.112. The van der Waals surface area contributed by atoms with Crippen molar-refractivity contribution in [3.8, 4) is 11.5 Å². The Hall–Kier alpha value is -1.77. The zero-order valence-electron chi connectivity index (χ0n) is 8.65. The summed E-state index contributed by atoms with van der Waals surface area (Å²) in [4.78, 5) is 11.0. The second kappa shape index (κ2) is 3.42. The molecule has 1 N–H and O–H groups in total. The molecule has 2 rings (SSSR count). The van der Waals surface area contributed by atoms with Crippen molar-refractivity contribution in [2.24, 2.45) is 0 Å². The third-order valence-corrected chi connectivity index (χ3v) is 2.49. The standard InChI is InChI=1S/C12H12O3/c1-7(2)12-8(6-13)11-9(14)4-3-5-10(11)15-12/h3-6,8,14H,1-2H3. The maximum Gasteiger partial charge on any atom is 0.135 e. The van der Waals surface area contributed by atoms with Gasteiger partial charge >= 0.3 is 0 Å². The summed E-state index contributed by atoms with van der Waals surface area (Å²) in [5.74, 6) is 0.844. The van der Waals surface area contributed by atoms with E-state index in [1.807, 2.05) is 13.8 Å². The van der Waals surface area contributed by atoms with Crippen molar-refractivity contribution in [3.63, 3.8) is 0 Å². The highest BCUT2D eigenvalue weighted by molar-refractivity contribution is 5.74. The van der Waals surface area contributed by atoms with Gasteiger partial charge in [0.15, 0.2) is 0 Å². The molecule has 0 amide bonds. The van der Waals surface area contributed by atoms with Crippen LogP contribution < -0.4 is 4.74 Å². The first-order chi connectivity index (χ1) is 7.15. The van der Waals surface area contributed by atoms with Crippen LogP contribution in [0, 0.1) is 0 Å². The summed E-state index contributed by atoms with van der Waals surface area (Å²) >= 11 is 0. The van der Waals surface area contributed by atoms with Crippen LogP contribution in [0.25, 0.3) is 0 Å². The molecule has 0 saturated heterocycles. The molecule has 1 aromatic carbocycles. The highest BCUT2D eigenvalue weighted by Gasteiger charge is 2.32. The minimum Gasteiger partial charge on any atom is -0.507 e. The van der Waals surface area contributed by atoms with Crippen molar-refractivity contribution in [1.82, 2.24) is 0 Å². The first kappa shape index (κ1) is 9.77. The Labute approximate surface area is 88.0 Å². The molecule has 3 nitrogen and oxygen atoms in total. The van der Waals surface area contributed by atoms with Gasteiger partial charge in [0.2, 0.25) is 0 Å². The number of hydrogen-bond acceptors (Lipinski definition) is 3. The molecule has 1 heterocycles. The molecule has 3 heteroatoms. The van der Waals surface area contributed by atoms with Crippen molar-refractivity contribution >= 4 is 6.29 Å². The Morgan fingerprint density at radius 1 is 1.47 bits per heavy atom. The van der Waals surface area contributed by atoms with Crippen molar-refractivity contribution in [3.05, 3.63) is 35.1 Å². The Kier molecular flexibility index (Phi) is 2.23. The molecule has 1 unspecified atom stereocenters. The monoisotopic (exact) mass is 204 g/mol. The van der Waals surface area contributed by atoms with Crippen LogP contribution in [0.5, 0.6) is 11.5 Å². The molecule has 0 radical (unpaired) electrons. The zero-order chi connectivity index (χ0) is 11.0. The third kappa shape index (κ3) is 1.40. The maximum absolute atomic E-state index is 11.0. The average molecular weight is 204 g/mol. The van der Waals surface area contributed by atoms with Crippen LogP contribution >= 0.6 is 0 Å². The number of rotatable bonds is 1. The van der Waals surface area contributed by atoms with Crippen molar-refractivity contribution in [2.45, 2.75) is 19.8 Å². The lowest BCUT2D eigenvalue weighted by Crippen LogP contribution is -2.01. The van der Waals surface area contributed by atoms with E-state index in [4.69, 9.17) is 4.74 Å². The number of phenols is 1. The summed E-state index contributed by atoms with van der Waals surface area (Å²) < 4.78 is 5.54. The molecule has 15 heavy (non-hydrogen) atoms. The minimum atomic E-state index is -0.466. The van der Waals surface area contributed by atoms with Crippen molar-refractivity contribution in [1.29, 1.82) is 0 Å². The number of fused-ring (bicyclic) bond motifs is 1. The van der Waals surface area contributed by atoms with Crippen molar-refractivity contribution in [2.75, 3.05) is 0 Å². The number of ether oxygens (including phenoxy) is 1. The highest BCUT2D eigenvalue weighted by atomic mass is 16.5. The van der Waals surface area contributed by atoms with Crippen LogP contribution in [0.15, 0.2) is 29.5 Å². The molecule has 0 aromatic heterocycles. The van der Waals surface area contributed by atoms with Gasteiger partial charge in [-0.1, -0.05) is 6.07 Å². The molecular weight excluding hydrogens is 192 g/mol. The van der Waals surface area contributed by atoms with Gasteiger partial charge in [-0.05, 0) is 31.6 Å². The van der Waals surface area contributed by atoms with Gasteiger partial charge in [0.1, 0.15) is 29.5 Å². The first-order valence-corrected chi connectivity index (χ1v) is 4.77. The van der Waals surface area contributed by atoms with E-state index >= 15 is 0 Å². The van der Waals surface area contributed by atoms with Crippen LogP contribution in [-0.2, 0) is 4.79 Å². The Morgan fingerprint density at radius 2 is 2.20 bits per heavy atom. The van der Waals surface area contributed by atoms with Crippen molar-refractivity contribution < 1.29 is 14.6 Å². The molecule has 0 aliphatic carbocycles. The summed E-state index contributed by atoms with van der Waals surface area (Å²) in [5, 5.41) is 9.67.